The first-order chi connectivity index (χ1) is 7.81. The van der Waals surface area contributed by atoms with Crippen molar-refractivity contribution in [2.24, 2.45) is 0 Å². The molecule has 3 atom stereocenters. The van der Waals surface area contributed by atoms with Gasteiger partial charge in [0.15, 0.2) is 0 Å². The Labute approximate surface area is 95.3 Å². The maximum atomic E-state index is 9.57. The minimum absolute atomic E-state index is 0.166. The SMILES string of the molecule is CO[C@@H]1[C@H](O)CO[C@H]1C=Cc1ccccc1. The van der Waals surface area contributed by atoms with Crippen molar-refractivity contribution < 1.29 is 14.6 Å². The lowest BCUT2D eigenvalue weighted by molar-refractivity contribution is 0.00503. The summed E-state index contributed by atoms with van der Waals surface area (Å²) in [6.07, 6.45) is 2.95. The molecule has 1 heterocycles. The van der Waals surface area contributed by atoms with Crippen molar-refractivity contribution in [1.82, 2.24) is 0 Å². The van der Waals surface area contributed by atoms with Crippen molar-refractivity contribution in [3.63, 3.8) is 0 Å². The van der Waals surface area contributed by atoms with Gasteiger partial charge in [-0.25, -0.2) is 0 Å². The van der Waals surface area contributed by atoms with Crippen molar-refractivity contribution >= 4 is 6.08 Å². The quantitative estimate of drug-likeness (QED) is 0.838. The van der Waals surface area contributed by atoms with Crippen LogP contribution in [-0.4, -0.2) is 37.1 Å². The lowest BCUT2D eigenvalue weighted by Gasteiger charge is -2.15. The van der Waals surface area contributed by atoms with Crippen molar-refractivity contribution in [2.45, 2.75) is 18.3 Å². The van der Waals surface area contributed by atoms with Crippen LogP contribution in [-0.2, 0) is 9.47 Å². The number of benzene rings is 1. The molecule has 1 fully saturated rings. The second kappa shape index (κ2) is 5.25. The Balaban J connectivity index is 2.02. The molecular formula is C13H16O3. The molecule has 1 aromatic carbocycles. The molecular weight excluding hydrogens is 204 g/mol. The van der Waals surface area contributed by atoms with Crippen LogP contribution in [0.4, 0.5) is 0 Å². The Morgan fingerprint density at radius 2 is 2.12 bits per heavy atom. The summed E-state index contributed by atoms with van der Waals surface area (Å²) in [6.45, 7) is 0.336. The fourth-order valence-electron chi connectivity index (χ4n) is 1.84. The summed E-state index contributed by atoms with van der Waals surface area (Å²) in [6, 6.07) is 9.98. The Hall–Kier alpha value is -1.16. The topological polar surface area (TPSA) is 38.7 Å². The molecule has 0 saturated carbocycles. The van der Waals surface area contributed by atoms with Crippen LogP contribution in [0.3, 0.4) is 0 Å². The normalized spacial score (nSPS) is 30.0. The molecule has 3 heteroatoms. The van der Waals surface area contributed by atoms with Gasteiger partial charge in [0.1, 0.15) is 18.3 Å². The summed E-state index contributed by atoms with van der Waals surface area (Å²) in [5.41, 5.74) is 1.11. The molecule has 0 unspecified atom stereocenters. The number of methoxy groups -OCH3 is 1. The molecule has 0 spiro atoms. The number of ether oxygens (including phenoxy) is 2. The first-order valence-corrected chi connectivity index (χ1v) is 5.37. The van der Waals surface area contributed by atoms with Crippen LogP contribution in [0.15, 0.2) is 36.4 Å². The van der Waals surface area contributed by atoms with Gasteiger partial charge in [-0.05, 0) is 5.56 Å². The third kappa shape index (κ3) is 2.50. The van der Waals surface area contributed by atoms with Crippen LogP contribution in [0.1, 0.15) is 5.56 Å². The first kappa shape index (κ1) is 11.3. The zero-order valence-corrected chi connectivity index (χ0v) is 9.24. The molecule has 1 aliphatic rings. The molecule has 1 aromatic rings. The third-order valence-corrected chi connectivity index (χ3v) is 2.71. The second-order valence-electron chi connectivity index (χ2n) is 3.84. The van der Waals surface area contributed by atoms with Crippen LogP contribution in [0.5, 0.6) is 0 Å². The zero-order valence-electron chi connectivity index (χ0n) is 9.24. The van der Waals surface area contributed by atoms with E-state index < -0.39 is 6.10 Å². The van der Waals surface area contributed by atoms with Crippen molar-refractivity contribution in [3.8, 4) is 0 Å². The third-order valence-electron chi connectivity index (χ3n) is 2.71. The van der Waals surface area contributed by atoms with E-state index >= 15 is 0 Å². The molecule has 0 aromatic heterocycles. The van der Waals surface area contributed by atoms with Crippen LogP contribution in [0, 0.1) is 0 Å². The molecule has 1 N–H and O–H groups in total. The molecule has 2 rings (SSSR count). The van der Waals surface area contributed by atoms with E-state index in [4.69, 9.17) is 9.47 Å². The van der Waals surface area contributed by atoms with E-state index in [-0.39, 0.29) is 12.2 Å². The summed E-state index contributed by atoms with van der Waals surface area (Å²) in [5.74, 6) is 0. The molecule has 16 heavy (non-hydrogen) atoms. The summed E-state index contributed by atoms with van der Waals surface area (Å²) in [7, 11) is 1.59. The van der Waals surface area contributed by atoms with Gasteiger partial charge >= 0.3 is 0 Å². The van der Waals surface area contributed by atoms with Crippen LogP contribution in [0.25, 0.3) is 6.08 Å². The molecule has 1 aliphatic heterocycles. The Kier molecular flexibility index (Phi) is 3.72. The fraction of sp³-hybridized carbons (Fsp3) is 0.385. The number of aliphatic hydroxyl groups excluding tert-OH is 1. The summed E-state index contributed by atoms with van der Waals surface area (Å²) in [4.78, 5) is 0. The predicted octanol–water partition coefficient (Wildman–Crippen LogP) is 1.47. The van der Waals surface area contributed by atoms with Gasteiger partial charge in [-0.1, -0.05) is 42.5 Å². The van der Waals surface area contributed by atoms with Crippen molar-refractivity contribution in [2.75, 3.05) is 13.7 Å². The van der Waals surface area contributed by atoms with Crippen LogP contribution >= 0.6 is 0 Å². The monoisotopic (exact) mass is 220 g/mol. The minimum Gasteiger partial charge on any atom is -0.388 e. The highest BCUT2D eigenvalue weighted by Crippen LogP contribution is 2.19. The van der Waals surface area contributed by atoms with Gasteiger partial charge in [-0.15, -0.1) is 0 Å². The smallest absolute Gasteiger partial charge is 0.115 e. The fourth-order valence-corrected chi connectivity index (χ4v) is 1.84. The van der Waals surface area contributed by atoms with E-state index in [2.05, 4.69) is 0 Å². The molecule has 3 nitrogen and oxygen atoms in total. The lowest BCUT2D eigenvalue weighted by Crippen LogP contribution is -2.30. The van der Waals surface area contributed by atoms with Gasteiger partial charge in [-0.2, -0.15) is 0 Å². The summed E-state index contributed by atoms with van der Waals surface area (Å²) >= 11 is 0. The van der Waals surface area contributed by atoms with Gasteiger partial charge in [0.25, 0.3) is 0 Å². The molecule has 0 aliphatic carbocycles. The molecule has 0 amide bonds. The van der Waals surface area contributed by atoms with E-state index in [0.717, 1.165) is 5.56 Å². The molecule has 1 saturated heterocycles. The number of aliphatic hydroxyl groups is 1. The van der Waals surface area contributed by atoms with E-state index in [0.29, 0.717) is 6.61 Å². The van der Waals surface area contributed by atoms with E-state index in [1.807, 2.05) is 42.5 Å². The lowest BCUT2D eigenvalue weighted by atomic mass is 10.1. The second-order valence-corrected chi connectivity index (χ2v) is 3.84. The highest BCUT2D eigenvalue weighted by atomic mass is 16.6. The summed E-state index contributed by atoms with van der Waals surface area (Å²) < 4.78 is 10.6. The minimum atomic E-state index is -0.532. The molecule has 0 radical (unpaired) electrons. The largest absolute Gasteiger partial charge is 0.388 e. The van der Waals surface area contributed by atoms with Gasteiger partial charge in [-0.3, -0.25) is 0 Å². The summed E-state index contributed by atoms with van der Waals surface area (Å²) in [5, 5.41) is 9.57. The molecule has 86 valence electrons. The Morgan fingerprint density at radius 1 is 1.38 bits per heavy atom. The number of hydrogen-bond donors (Lipinski definition) is 1. The average Bonchev–Trinajstić information content (AvgIpc) is 2.68. The van der Waals surface area contributed by atoms with E-state index in [1.165, 1.54) is 0 Å². The highest BCUT2D eigenvalue weighted by Gasteiger charge is 2.34. The highest BCUT2D eigenvalue weighted by molar-refractivity contribution is 5.49. The van der Waals surface area contributed by atoms with Gasteiger partial charge in [0, 0.05) is 7.11 Å². The van der Waals surface area contributed by atoms with Crippen molar-refractivity contribution in [3.05, 3.63) is 42.0 Å². The number of hydrogen-bond acceptors (Lipinski definition) is 3. The Morgan fingerprint density at radius 3 is 2.81 bits per heavy atom. The maximum absolute atomic E-state index is 9.57. The Bertz CT molecular complexity index is 347. The number of rotatable bonds is 3. The van der Waals surface area contributed by atoms with Gasteiger partial charge < -0.3 is 14.6 Å². The maximum Gasteiger partial charge on any atom is 0.115 e. The zero-order chi connectivity index (χ0) is 11.4. The predicted molar refractivity (Wildman–Crippen MR) is 62.0 cm³/mol. The van der Waals surface area contributed by atoms with Gasteiger partial charge in [0.2, 0.25) is 0 Å². The average molecular weight is 220 g/mol. The van der Waals surface area contributed by atoms with Gasteiger partial charge in [0.05, 0.1) is 6.61 Å². The standard InChI is InChI=1S/C13H16O3/c1-15-13-11(14)9-16-12(13)8-7-10-5-3-2-4-6-10/h2-8,11-14H,9H2,1H3/t11-,12+,13-/m1/s1. The van der Waals surface area contributed by atoms with E-state index in [1.54, 1.807) is 7.11 Å². The van der Waals surface area contributed by atoms with Crippen LogP contribution in [0.2, 0.25) is 0 Å². The van der Waals surface area contributed by atoms with Crippen LogP contribution < -0.4 is 0 Å². The van der Waals surface area contributed by atoms with Crippen molar-refractivity contribution in [1.29, 1.82) is 0 Å². The first-order valence-electron chi connectivity index (χ1n) is 5.37. The molecule has 0 bridgehead atoms. The van der Waals surface area contributed by atoms with E-state index in [9.17, 15) is 5.11 Å².